The van der Waals surface area contributed by atoms with Crippen molar-refractivity contribution in [2.75, 3.05) is 14.2 Å². The minimum atomic E-state index is -1.13. The predicted molar refractivity (Wildman–Crippen MR) is 85.4 cm³/mol. The zero-order valence-electron chi connectivity index (χ0n) is 12.9. The second kappa shape index (κ2) is 6.87. The molecule has 0 fully saturated rings. The Balaban J connectivity index is 2.63. The van der Waals surface area contributed by atoms with Crippen molar-refractivity contribution in [1.82, 2.24) is 0 Å². The summed E-state index contributed by atoms with van der Waals surface area (Å²) >= 11 is 5.83. The molecule has 0 heterocycles. The number of hydrogen-bond donors (Lipinski definition) is 1. The standard InChI is InChI=1S/C17H16ClFO4/c1-9(10-5-4-6-13(18)16(10)19)11-7-12(17(20)21)15(23-3)8-14(11)22-2/h4-9H,1-3H3,(H,20,21). The van der Waals surface area contributed by atoms with Gasteiger partial charge in [-0.15, -0.1) is 0 Å². The molecule has 0 saturated heterocycles. The number of halogens is 2. The number of methoxy groups -OCH3 is 2. The SMILES string of the molecule is COc1cc(OC)c(C(C)c2cccc(Cl)c2F)cc1C(=O)O. The lowest BCUT2D eigenvalue weighted by atomic mass is 9.90. The number of carboxylic acid groups (broad SMARTS) is 1. The Bertz CT molecular complexity index is 746. The summed E-state index contributed by atoms with van der Waals surface area (Å²) in [7, 11) is 2.83. The van der Waals surface area contributed by atoms with E-state index in [1.165, 1.54) is 32.4 Å². The van der Waals surface area contributed by atoms with Gasteiger partial charge in [0, 0.05) is 17.5 Å². The second-order valence-electron chi connectivity index (χ2n) is 4.96. The maximum atomic E-state index is 14.3. The Morgan fingerprint density at radius 1 is 1.17 bits per heavy atom. The van der Waals surface area contributed by atoms with E-state index in [1.54, 1.807) is 19.1 Å². The summed E-state index contributed by atoms with van der Waals surface area (Å²) in [5.41, 5.74) is 0.877. The third-order valence-corrected chi connectivity index (χ3v) is 3.99. The van der Waals surface area contributed by atoms with Gasteiger partial charge in [0.1, 0.15) is 22.9 Å². The molecular formula is C17H16ClFO4. The summed E-state index contributed by atoms with van der Waals surface area (Å²) in [6.45, 7) is 1.75. The molecule has 4 nitrogen and oxygen atoms in total. The van der Waals surface area contributed by atoms with Crippen molar-refractivity contribution in [3.05, 3.63) is 57.9 Å². The van der Waals surface area contributed by atoms with E-state index in [2.05, 4.69) is 0 Å². The number of benzene rings is 2. The molecule has 0 aliphatic rings. The van der Waals surface area contributed by atoms with Crippen LogP contribution >= 0.6 is 11.6 Å². The van der Waals surface area contributed by atoms with E-state index < -0.39 is 17.7 Å². The summed E-state index contributed by atoms with van der Waals surface area (Å²) in [6, 6.07) is 7.63. The van der Waals surface area contributed by atoms with E-state index in [1.807, 2.05) is 0 Å². The van der Waals surface area contributed by atoms with Crippen LogP contribution in [0.15, 0.2) is 30.3 Å². The lowest BCUT2D eigenvalue weighted by Gasteiger charge is -2.19. The lowest BCUT2D eigenvalue weighted by molar-refractivity contribution is 0.0693. The molecule has 2 aromatic carbocycles. The van der Waals surface area contributed by atoms with Gasteiger partial charge < -0.3 is 14.6 Å². The predicted octanol–water partition coefficient (Wildman–Crippen LogP) is 4.35. The molecule has 0 aromatic heterocycles. The zero-order chi connectivity index (χ0) is 17.1. The summed E-state index contributed by atoms with van der Waals surface area (Å²) in [5.74, 6) is -1.52. The van der Waals surface area contributed by atoms with Gasteiger partial charge in [0.05, 0.1) is 19.2 Å². The van der Waals surface area contributed by atoms with E-state index in [4.69, 9.17) is 21.1 Å². The van der Waals surface area contributed by atoms with Gasteiger partial charge >= 0.3 is 5.97 Å². The molecule has 2 aromatic rings. The minimum Gasteiger partial charge on any atom is -0.496 e. The van der Waals surface area contributed by atoms with E-state index in [9.17, 15) is 14.3 Å². The largest absolute Gasteiger partial charge is 0.496 e. The van der Waals surface area contributed by atoms with Crippen molar-refractivity contribution >= 4 is 17.6 Å². The highest BCUT2D eigenvalue weighted by Crippen LogP contribution is 2.38. The molecule has 122 valence electrons. The third kappa shape index (κ3) is 3.24. The molecule has 2 rings (SSSR count). The number of carboxylic acids is 1. The fourth-order valence-corrected chi connectivity index (χ4v) is 2.63. The molecule has 0 amide bonds. The van der Waals surface area contributed by atoms with Crippen LogP contribution in [0.2, 0.25) is 5.02 Å². The van der Waals surface area contributed by atoms with Crippen LogP contribution in [0.4, 0.5) is 4.39 Å². The first kappa shape index (κ1) is 17.1. The number of carbonyl (C=O) groups is 1. The van der Waals surface area contributed by atoms with Crippen LogP contribution in [-0.4, -0.2) is 25.3 Å². The molecular weight excluding hydrogens is 323 g/mol. The van der Waals surface area contributed by atoms with E-state index in [0.29, 0.717) is 16.9 Å². The van der Waals surface area contributed by atoms with Gasteiger partial charge in [-0.05, 0) is 17.7 Å². The number of rotatable bonds is 5. The van der Waals surface area contributed by atoms with Gasteiger partial charge in [-0.2, -0.15) is 0 Å². The van der Waals surface area contributed by atoms with Crippen LogP contribution in [0.5, 0.6) is 11.5 Å². The van der Waals surface area contributed by atoms with Crippen molar-refractivity contribution in [1.29, 1.82) is 0 Å². The summed E-state index contributed by atoms with van der Waals surface area (Å²) in [4.78, 5) is 11.4. The molecule has 0 spiro atoms. The molecule has 0 aliphatic heterocycles. The summed E-state index contributed by atoms with van der Waals surface area (Å²) in [5, 5.41) is 9.33. The molecule has 0 radical (unpaired) electrons. The first-order valence-corrected chi connectivity index (χ1v) is 7.21. The van der Waals surface area contributed by atoms with Crippen LogP contribution in [0.25, 0.3) is 0 Å². The number of aromatic carboxylic acids is 1. The lowest BCUT2D eigenvalue weighted by Crippen LogP contribution is -2.07. The fourth-order valence-electron chi connectivity index (χ4n) is 2.45. The average molecular weight is 339 g/mol. The van der Waals surface area contributed by atoms with Crippen molar-refractivity contribution in [2.24, 2.45) is 0 Å². The van der Waals surface area contributed by atoms with Crippen molar-refractivity contribution < 1.29 is 23.8 Å². The topological polar surface area (TPSA) is 55.8 Å². The molecule has 23 heavy (non-hydrogen) atoms. The second-order valence-corrected chi connectivity index (χ2v) is 5.37. The van der Waals surface area contributed by atoms with Crippen LogP contribution in [-0.2, 0) is 0 Å². The maximum absolute atomic E-state index is 14.3. The van der Waals surface area contributed by atoms with Crippen molar-refractivity contribution in [2.45, 2.75) is 12.8 Å². The summed E-state index contributed by atoms with van der Waals surface area (Å²) in [6.07, 6.45) is 0. The van der Waals surface area contributed by atoms with Crippen LogP contribution in [0.3, 0.4) is 0 Å². The fraction of sp³-hybridized carbons (Fsp3) is 0.235. The molecule has 1 unspecified atom stereocenters. The number of hydrogen-bond acceptors (Lipinski definition) is 3. The summed E-state index contributed by atoms with van der Waals surface area (Å²) < 4.78 is 24.6. The average Bonchev–Trinajstić information content (AvgIpc) is 2.55. The molecule has 0 aliphatic carbocycles. The Morgan fingerprint density at radius 2 is 1.83 bits per heavy atom. The first-order valence-electron chi connectivity index (χ1n) is 6.83. The Kier molecular flexibility index (Phi) is 5.11. The van der Waals surface area contributed by atoms with Gasteiger partial charge in [0.2, 0.25) is 0 Å². The highest BCUT2D eigenvalue weighted by atomic mass is 35.5. The van der Waals surface area contributed by atoms with Crippen molar-refractivity contribution in [3.8, 4) is 11.5 Å². The van der Waals surface area contributed by atoms with E-state index in [0.717, 1.165) is 0 Å². The zero-order valence-corrected chi connectivity index (χ0v) is 13.6. The Hall–Kier alpha value is -2.27. The smallest absolute Gasteiger partial charge is 0.339 e. The van der Waals surface area contributed by atoms with Crippen LogP contribution in [0, 0.1) is 5.82 Å². The molecule has 0 bridgehead atoms. The molecule has 1 atom stereocenters. The van der Waals surface area contributed by atoms with E-state index in [-0.39, 0.29) is 16.3 Å². The number of ether oxygens (including phenoxy) is 2. The van der Waals surface area contributed by atoms with E-state index >= 15 is 0 Å². The first-order chi connectivity index (χ1) is 10.9. The van der Waals surface area contributed by atoms with Crippen LogP contribution in [0.1, 0.15) is 34.3 Å². The molecule has 0 saturated carbocycles. The third-order valence-electron chi connectivity index (χ3n) is 3.70. The Labute approximate surface area is 138 Å². The quantitative estimate of drug-likeness (QED) is 0.880. The van der Waals surface area contributed by atoms with Gasteiger partial charge in [0.15, 0.2) is 0 Å². The minimum absolute atomic E-state index is 0.0142. The van der Waals surface area contributed by atoms with Gasteiger partial charge in [-0.1, -0.05) is 30.7 Å². The van der Waals surface area contributed by atoms with Crippen molar-refractivity contribution in [3.63, 3.8) is 0 Å². The van der Waals surface area contributed by atoms with Gasteiger partial charge in [-0.3, -0.25) is 0 Å². The maximum Gasteiger partial charge on any atom is 0.339 e. The highest BCUT2D eigenvalue weighted by Gasteiger charge is 2.23. The Morgan fingerprint density at radius 3 is 2.39 bits per heavy atom. The van der Waals surface area contributed by atoms with Crippen LogP contribution < -0.4 is 9.47 Å². The van der Waals surface area contributed by atoms with Gasteiger partial charge in [0.25, 0.3) is 0 Å². The monoisotopic (exact) mass is 338 g/mol. The highest BCUT2D eigenvalue weighted by molar-refractivity contribution is 6.30. The molecule has 1 N–H and O–H groups in total. The normalized spacial score (nSPS) is 11.9. The van der Waals surface area contributed by atoms with Gasteiger partial charge in [-0.25, -0.2) is 9.18 Å². The molecule has 6 heteroatoms.